The number of likely N-dealkylation sites (tertiary alicyclic amines) is 1. The Morgan fingerprint density at radius 3 is 2.63 bits per heavy atom. The molecule has 2 rings (SSSR count). The van der Waals surface area contributed by atoms with Gasteiger partial charge in [-0.2, -0.15) is 0 Å². The minimum atomic E-state index is 0.0299. The summed E-state index contributed by atoms with van der Waals surface area (Å²) in [5.74, 6) is 0.538. The number of piperidine rings is 1. The van der Waals surface area contributed by atoms with E-state index in [1.54, 1.807) is 0 Å². The van der Waals surface area contributed by atoms with Crippen molar-refractivity contribution in [3.63, 3.8) is 0 Å². The zero-order valence-corrected chi connectivity index (χ0v) is 11.7. The van der Waals surface area contributed by atoms with Gasteiger partial charge in [0.2, 0.25) is 5.91 Å². The van der Waals surface area contributed by atoms with Crippen molar-refractivity contribution in [1.82, 2.24) is 9.80 Å². The Bertz CT molecular complexity index is 419. The molecule has 1 fully saturated rings. The molecule has 0 spiro atoms. The standard InChI is InChI=1S/C15H23N3O/c1-17(2)11-15(19)18-9-8-13(14(16)10-18)12-6-4-3-5-7-12/h3-7,13-14H,8-11,16H2,1-2H3. The SMILES string of the molecule is CN(C)CC(=O)N1CCC(c2ccccc2)C(N)C1. The summed E-state index contributed by atoms with van der Waals surface area (Å²) in [7, 11) is 3.82. The van der Waals surface area contributed by atoms with Crippen LogP contribution < -0.4 is 5.73 Å². The molecule has 19 heavy (non-hydrogen) atoms. The van der Waals surface area contributed by atoms with Gasteiger partial charge in [-0.3, -0.25) is 4.79 Å². The highest BCUT2D eigenvalue weighted by molar-refractivity contribution is 5.78. The third-order valence-corrected chi connectivity index (χ3v) is 3.69. The van der Waals surface area contributed by atoms with Gasteiger partial charge in [0.25, 0.3) is 0 Å². The second-order valence-electron chi connectivity index (χ2n) is 5.55. The van der Waals surface area contributed by atoms with Crippen LogP contribution in [-0.4, -0.2) is 55.5 Å². The number of carbonyl (C=O) groups excluding carboxylic acids is 1. The second kappa shape index (κ2) is 6.17. The van der Waals surface area contributed by atoms with Gasteiger partial charge in [-0.15, -0.1) is 0 Å². The predicted molar refractivity (Wildman–Crippen MR) is 76.9 cm³/mol. The number of hydrogen-bond donors (Lipinski definition) is 1. The molecule has 2 unspecified atom stereocenters. The number of likely N-dealkylation sites (N-methyl/N-ethyl adjacent to an activating group) is 1. The lowest BCUT2D eigenvalue weighted by atomic mass is 9.86. The van der Waals surface area contributed by atoms with Crippen LogP contribution in [0.15, 0.2) is 30.3 Å². The summed E-state index contributed by atoms with van der Waals surface area (Å²) >= 11 is 0. The molecule has 1 amide bonds. The summed E-state index contributed by atoms with van der Waals surface area (Å²) in [6.07, 6.45) is 0.949. The zero-order chi connectivity index (χ0) is 13.8. The summed E-state index contributed by atoms with van der Waals surface area (Å²) in [5.41, 5.74) is 7.55. The van der Waals surface area contributed by atoms with Crippen molar-refractivity contribution in [3.8, 4) is 0 Å². The Kier molecular flexibility index (Phi) is 4.56. The van der Waals surface area contributed by atoms with E-state index < -0.39 is 0 Å². The molecule has 1 saturated heterocycles. The predicted octanol–water partition coefficient (Wildman–Crippen LogP) is 0.891. The minimum Gasteiger partial charge on any atom is -0.340 e. The van der Waals surface area contributed by atoms with E-state index in [1.165, 1.54) is 5.56 Å². The molecule has 1 aromatic rings. The molecule has 0 bridgehead atoms. The third-order valence-electron chi connectivity index (χ3n) is 3.69. The van der Waals surface area contributed by atoms with E-state index in [0.717, 1.165) is 13.0 Å². The highest BCUT2D eigenvalue weighted by Gasteiger charge is 2.29. The lowest BCUT2D eigenvalue weighted by Gasteiger charge is -2.37. The molecule has 1 aromatic carbocycles. The van der Waals surface area contributed by atoms with E-state index in [0.29, 0.717) is 19.0 Å². The van der Waals surface area contributed by atoms with Crippen LogP contribution in [0.25, 0.3) is 0 Å². The molecule has 1 aliphatic rings. The van der Waals surface area contributed by atoms with E-state index in [-0.39, 0.29) is 11.9 Å². The number of amides is 1. The summed E-state index contributed by atoms with van der Waals surface area (Å²) in [6, 6.07) is 10.4. The summed E-state index contributed by atoms with van der Waals surface area (Å²) in [6.45, 7) is 1.93. The van der Waals surface area contributed by atoms with Crippen LogP contribution in [-0.2, 0) is 4.79 Å². The van der Waals surface area contributed by atoms with Gasteiger partial charge in [0.1, 0.15) is 0 Å². The van der Waals surface area contributed by atoms with E-state index >= 15 is 0 Å². The highest BCUT2D eigenvalue weighted by Crippen LogP contribution is 2.27. The van der Waals surface area contributed by atoms with Crippen LogP contribution in [0.1, 0.15) is 17.9 Å². The molecule has 104 valence electrons. The first-order valence-electron chi connectivity index (χ1n) is 6.81. The van der Waals surface area contributed by atoms with Crippen LogP contribution >= 0.6 is 0 Å². The molecule has 4 heteroatoms. The maximum atomic E-state index is 12.0. The van der Waals surface area contributed by atoms with Crippen LogP contribution in [0, 0.1) is 0 Å². The van der Waals surface area contributed by atoms with E-state index in [2.05, 4.69) is 12.1 Å². The van der Waals surface area contributed by atoms with E-state index in [1.807, 2.05) is 42.1 Å². The van der Waals surface area contributed by atoms with Crippen LogP contribution in [0.5, 0.6) is 0 Å². The topological polar surface area (TPSA) is 49.6 Å². The van der Waals surface area contributed by atoms with Gasteiger partial charge < -0.3 is 15.5 Å². The molecule has 1 heterocycles. The lowest BCUT2D eigenvalue weighted by molar-refractivity contribution is -0.133. The molecule has 2 atom stereocenters. The molecule has 0 radical (unpaired) electrons. The fourth-order valence-electron chi connectivity index (χ4n) is 2.69. The summed E-state index contributed by atoms with van der Waals surface area (Å²) in [5, 5.41) is 0. The van der Waals surface area contributed by atoms with Crippen LogP contribution in [0.3, 0.4) is 0 Å². The number of rotatable bonds is 3. The molecular weight excluding hydrogens is 238 g/mol. The van der Waals surface area contributed by atoms with Crippen LogP contribution in [0.2, 0.25) is 0 Å². The molecule has 0 saturated carbocycles. The number of nitrogens with zero attached hydrogens (tertiary/aromatic N) is 2. The van der Waals surface area contributed by atoms with Gasteiger partial charge in [-0.25, -0.2) is 0 Å². The average molecular weight is 261 g/mol. The summed E-state index contributed by atoms with van der Waals surface area (Å²) < 4.78 is 0. The zero-order valence-electron chi connectivity index (χ0n) is 11.7. The molecule has 4 nitrogen and oxygen atoms in total. The van der Waals surface area contributed by atoms with Crippen molar-refractivity contribution in [2.75, 3.05) is 33.7 Å². The van der Waals surface area contributed by atoms with Crippen molar-refractivity contribution < 1.29 is 4.79 Å². The van der Waals surface area contributed by atoms with E-state index in [9.17, 15) is 4.79 Å². The first-order valence-corrected chi connectivity index (χ1v) is 6.81. The first kappa shape index (κ1) is 14.0. The molecule has 1 aliphatic heterocycles. The molecule has 0 aromatic heterocycles. The van der Waals surface area contributed by atoms with Crippen molar-refractivity contribution in [3.05, 3.63) is 35.9 Å². The minimum absolute atomic E-state index is 0.0299. The lowest BCUT2D eigenvalue weighted by Crippen LogP contribution is -2.51. The van der Waals surface area contributed by atoms with Gasteiger partial charge in [-0.1, -0.05) is 30.3 Å². The number of nitrogens with two attached hydrogens (primary N) is 1. The molecular formula is C15H23N3O. The van der Waals surface area contributed by atoms with Crippen LogP contribution in [0.4, 0.5) is 0 Å². The van der Waals surface area contributed by atoms with Crippen molar-refractivity contribution in [2.45, 2.75) is 18.4 Å². The van der Waals surface area contributed by atoms with Gasteiger partial charge >= 0.3 is 0 Å². The fourth-order valence-corrected chi connectivity index (χ4v) is 2.69. The average Bonchev–Trinajstić information content (AvgIpc) is 2.38. The maximum absolute atomic E-state index is 12.0. The van der Waals surface area contributed by atoms with Gasteiger partial charge in [0, 0.05) is 25.0 Å². The third kappa shape index (κ3) is 3.55. The van der Waals surface area contributed by atoms with Gasteiger partial charge in [-0.05, 0) is 26.1 Å². The van der Waals surface area contributed by atoms with Gasteiger partial charge in [0.05, 0.1) is 6.54 Å². The largest absolute Gasteiger partial charge is 0.340 e. The van der Waals surface area contributed by atoms with Crippen molar-refractivity contribution >= 4 is 5.91 Å². The molecule has 2 N–H and O–H groups in total. The first-order chi connectivity index (χ1) is 9.08. The van der Waals surface area contributed by atoms with Gasteiger partial charge in [0.15, 0.2) is 0 Å². The molecule has 0 aliphatic carbocycles. The fraction of sp³-hybridized carbons (Fsp3) is 0.533. The van der Waals surface area contributed by atoms with Crippen molar-refractivity contribution in [1.29, 1.82) is 0 Å². The Labute approximate surface area is 115 Å². The number of benzene rings is 1. The Balaban J connectivity index is 1.97. The quantitative estimate of drug-likeness (QED) is 0.879. The smallest absolute Gasteiger partial charge is 0.236 e. The number of hydrogen-bond acceptors (Lipinski definition) is 3. The summed E-state index contributed by atoms with van der Waals surface area (Å²) in [4.78, 5) is 15.8. The normalized spacial score (nSPS) is 23.7. The second-order valence-corrected chi connectivity index (χ2v) is 5.55. The monoisotopic (exact) mass is 261 g/mol. The number of carbonyl (C=O) groups is 1. The van der Waals surface area contributed by atoms with Crippen molar-refractivity contribution in [2.24, 2.45) is 5.73 Å². The Morgan fingerprint density at radius 1 is 1.37 bits per heavy atom. The Hall–Kier alpha value is -1.39. The Morgan fingerprint density at radius 2 is 2.05 bits per heavy atom. The maximum Gasteiger partial charge on any atom is 0.236 e. The highest BCUT2D eigenvalue weighted by atomic mass is 16.2. The van der Waals surface area contributed by atoms with E-state index in [4.69, 9.17) is 5.73 Å².